The molecule has 0 saturated carbocycles. The van der Waals surface area contributed by atoms with Crippen LogP contribution in [-0.4, -0.2) is 27.4 Å². The number of pyridine rings is 1. The summed E-state index contributed by atoms with van der Waals surface area (Å²) in [6.07, 6.45) is 0.787. The second-order valence-corrected chi connectivity index (χ2v) is 10.4. The van der Waals surface area contributed by atoms with Crippen molar-refractivity contribution in [2.75, 3.05) is 0 Å². The molecule has 1 unspecified atom stereocenters. The zero-order valence-electron chi connectivity index (χ0n) is 21.2. The highest BCUT2D eigenvalue weighted by molar-refractivity contribution is 6.31. The molecule has 0 radical (unpaired) electrons. The van der Waals surface area contributed by atoms with Gasteiger partial charge < -0.3 is 15.1 Å². The maximum absolute atomic E-state index is 13.6. The molecule has 6 rings (SSSR count). The zero-order valence-corrected chi connectivity index (χ0v) is 22.7. The van der Waals surface area contributed by atoms with Crippen molar-refractivity contribution < 1.29 is 9.63 Å². The monoisotopic (exact) mass is 571 g/mol. The van der Waals surface area contributed by atoms with Gasteiger partial charge in [-0.05, 0) is 48.0 Å². The number of benzene rings is 3. The highest BCUT2D eigenvalue weighted by Crippen LogP contribution is 2.37. The molecule has 0 saturated heterocycles. The Labute approximate surface area is 239 Å². The summed E-state index contributed by atoms with van der Waals surface area (Å²) in [6.45, 7) is 3.66. The largest absolute Gasteiger partial charge is 0.337 e. The summed E-state index contributed by atoms with van der Waals surface area (Å²) in [7, 11) is 0. The SMILES string of the molecule is C=C1NC(CCC(=O)N2N=C(c3c(-c4ccc(Cl)cc4)c4ccccc4[nH]c3=O)CC2c2ccc(Cl)cc2)=NO1. The van der Waals surface area contributed by atoms with Crippen molar-refractivity contribution in [3.05, 3.63) is 117 Å². The average molecular weight is 572 g/mol. The quantitative estimate of drug-likeness (QED) is 0.281. The maximum Gasteiger partial charge on any atom is 0.258 e. The molecular weight excluding hydrogens is 549 g/mol. The van der Waals surface area contributed by atoms with Gasteiger partial charge in [0.05, 0.1) is 17.3 Å². The highest BCUT2D eigenvalue weighted by Gasteiger charge is 2.35. The number of H-pyrrole nitrogens is 1. The molecule has 2 aliphatic rings. The van der Waals surface area contributed by atoms with E-state index in [0.717, 1.165) is 22.1 Å². The van der Waals surface area contributed by atoms with E-state index in [4.69, 9.17) is 33.1 Å². The van der Waals surface area contributed by atoms with E-state index in [0.29, 0.717) is 51.4 Å². The van der Waals surface area contributed by atoms with Gasteiger partial charge in [0.2, 0.25) is 11.8 Å². The van der Waals surface area contributed by atoms with Crippen molar-refractivity contribution in [2.45, 2.75) is 25.3 Å². The van der Waals surface area contributed by atoms with Gasteiger partial charge in [-0.2, -0.15) is 5.10 Å². The Balaban J connectivity index is 1.45. The second-order valence-electron chi connectivity index (χ2n) is 9.49. The van der Waals surface area contributed by atoms with Crippen LogP contribution in [0.4, 0.5) is 0 Å². The minimum absolute atomic E-state index is 0.126. The van der Waals surface area contributed by atoms with Crippen LogP contribution in [0, 0.1) is 0 Å². The van der Waals surface area contributed by atoms with Crippen LogP contribution in [0.5, 0.6) is 0 Å². The maximum atomic E-state index is 13.6. The van der Waals surface area contributed by atoms with E-state index in [2.05, 4.69) is 22.0 Å². The lowest BCUT2D eigenvalue weighted by Gasteiger charge is -2.22. The summed E-state index contributed by atoms with van der Waals surface area (Å²) in [5.74, 6) is 0.608. The number of hydrogen-bond donors (Lipinski definition) is 2. The van der Waals surface area contributed by atoms with E-state index >= 15 is 0 Å². The molecule has 1 amide bonds. The molecule has 10 heteroatoms. The van der Waals surface area contributed by atoms with Gasteiger partial charge in [-0.1, -0.05) is 70.8 Å². The molecule has 2 aliphatic heterocycles. The molecule has 4 aromatic rings. The number of amides is 1. The second kappa shape index (κ2) is 10.6. The molecular formula is C30H23Cl2N5O3. The minimum atomic E-state index is -0.423. The lowest BCUT2D eigenvalue weighted by atomic mass is 9.91. The van der Waals surface area contributed by atoms with Crippen LogP contribution in [0.3, 0.4) is 0 Å². The molecule has 0 fully saturated rings. The number of carbonyl (C=O) groups excluding carboxylic acids is 1. The van der Waals surface area contributed by atoms with E-state index in [-0.39, 0.29) is 17.9 Å². The normalized spacial score (nSPS) is 16.5. The van der Waals surface area contributed by atoms with Crippen LogP contribution < -0.4 is 10.9 Å². The van der Waals surface area contributed by atoms with Gasteiger partial charge in [-0.15, -0.1) is 0 Å². The fourth-order valence-electron chi connectivity index (χ4n) is 5.04. The fourth-order valence-corrected chi connectivity index (χ4v) is 5.29. The lowest BCUT2D eigenvalue weighted by molar-refractivity contribution is -0.132. The number of amidine groups is 1. The smallest absolute Gasteiger partial charge is 0.258 e. The number of nitrogens with one attached hydrogen (secondary N) is 2. The Kier molecular flexibility index (Phi) is 6.88. The Morgan fingerprint density at radius 1 is 1.00 bits per heavy atom. The van der Waals surface area contributed by atoms with Crippen LogP contribution in [0.2, 0.25) is 10.0 Å². The van der Waals surface area contributed by atoms with Gasteiger partial charge in [0.1, 0.15) is 5.84 Å². The third-order valence-electron chi connectivity index (χ3n) is 6.89. The summed E-state index contributed by atoms with van der Waals surface area (Å²) in [5.41, 5.74) is 3.76. The number of aromatic amines is 1. The summed E-state index contributed by atoms with van der Waals surface area (Å²) in [4.78, 5) is 35.2. The molecule has 8 nitrogen and oxygen atoms in total. The third kappa shape index (κ3) is 4.99. The number of rotatable bonds is 6. The number of nitrogens with zero attached hydrogens (tertiary/aromatic N) is 3. The highest BCUT2D eigenvalue weighted by atomic mass is 35.5. The first kappa shape index (κ1) is 25.9. The van der Waals surface area contributed by atoms with Gasteiger partial charge in [-0.3, -0.25) is 9.59 Å². The van der Waals surface area contributed by atoms with Crippen LogP contribution in [-0.2, 0) is 9.63 Å². The third-order valence-corrected chi connectivity index (χ3v) is 7.39. The number of carbonyl (C=O) groups is 1. The topological polar surface area (TPSA) is 99.2 Å². The summed E-state index contributed by atoms with van der Waals surface area (Å²) in [6, 6.07) is 21.8. The number of oxime groups is 1. The number of hydrogen-bond acceptors (Lipinski definition) is 6. The van der Waals surface area contributed by atoms with E-state index < -0.39 is 6.04 Å². The van der Waals surface area contributed by atoms with Crippen molar-refractivity contribution in [1.82, 2.24) is 15.3 Å². The molecule has 0 spiro atoms. The molecule has 1 atom stereocenters. The van der Waals surface area contributed by atoms with E-state index in [1.54, 1.807) is 24.3 Å². The van der Waals surface area contributed by atoms with Gasteiger partial charge in [0, 0.05) is 45.8 Å². The van der Waals surface area contributed by atoms with Crippen LogP contribution in [0.15, 0.2) is 100 Å². The van der Waals surface area contributed by atoms with E-state index in [9.17, 15) is 9.59 Å². The zero-order chi connectivity index (χ0) is 27.8. The first-order valence-corrected chi connectivity index (χ1v) is 13.4. The number of para-hydroxylation sites is 1. The summed E-state index contributed by atoms with van der Waals surface area (Å²) < 4.78 is 0. The fraction of sp³-hybridized carbons (Fsp3) is 0.133. The van der Waals surface area contributed by atoms with Crippen molar-refractivity contribution in [3.8, 4) is 11.1 Å². The first-order chi connectivity index (χ1) is 19.4. The molecule has 3 heterocycles. The Bertz CT molecular complexity index is 1760. The van der Waals surface area contributed by atoms with Crippen molar-refractivity contribution in [2.24, 2.45) is 10.3 Å². The molecule has 3 aromatic carbocycles. The summed E-state index contributed by atoms with van der Waals surface area (Å²) in [5, 5.41) is 15.1. The molecule has 1 aromatic heterocycles. The minimum Gasteiger partial charge on any atom is -0.337 e. The van der Waals surface area contributed by atoms with Crippen LogP contribution in [0.1, 0.15) is 36.4 Å². The molecule has 40 heavy (non-hydrogen) atoms. The average Bonchev–Trinajstić information content (AvgIpc) is 3.58. The molecule has 0 aliphatic carbocycles. The number of fused-ring (bicyclic) bond motifs is 1. The van der Waals surface area contributed by atoms with E-state index in [1.807, 2.05) is 48.5 Å². The van der Waals surface area contributed by atoms with Gasteiger partial charge in [0.15, 0.2) is 0 Å². The van der Waals surface area contributed by atoms with Gasteiger partial charge >= 0.3 is 0 Å². The van der Waals surface area contributed by atoms with Crippen molar-refractivity contribution in [3.63, 3.8) is 0 Å². The predicted molar refractivity (Wildman–Crippen MR) is 157 cm³/mol. The molecule has 0 bridgehead atoms. The Morgan fingerprint density at radius 3 is 2.40 bits per heavy atom. The van der Waals surface area contributed by atoms with E-state index in [1.165, 1.54) is 5.01 Å². The number of hydrazone groups is 1. The first-order valence-electron chi connectivity index (χ1n) is 12.6. The lowest BCUT2D eigenvalue weighted by Crippen LogP contribution is -2.28. The van der Waals surface area contributed by atoms with Gasteiger partial charge in [0.25, 0.3) is 5.56 Å². The van der Waals surface area contributed by atoms with Crippen molar-refractivity contribution in [1.29, 1.82) is 0 Å². The Hall–Kier alpha value is -4.40. The molecule has 200 valence electrons. The Morgan fingerprint density at radius 2 is 1.70 bits per heavy atom. The summed E-state index contributed by atoms with van der Waals surface area (Å²) >= 11 is 12.3. The van der Waals surface area contributed by atoms with Crippen LogP contribution in [0.25, 0.3) is 22.0 Å². The number of halogens is 2. The van der Waals surface area contributed by atoms with Crippen LogP contribution >= 0.6 is 23.2 Å². The number of aromatic nitrogens is 1. The standard InChI is InChI=1S/C30H23Cl2N5O3/c1-17-33-26(36-40-17)14-15-27(38)37-25(18-6-10-20(31)11-7-18)16-24(35-37)29-28(19-8-12-21(32)13-9-19)22-4-2-3-5-23(22)34-30(29)39/h2-13,25H,1,14-16H2,(H,33,36)(H,34,39). The van der Waals surface area contributed by atoms with Gasteiger partial charge in [-0.25, -0.2) is 5.01 Å². The predicted octanol–water partition coefficient (Wildman–Crippen LogP) is 6.36. The van der Waals surface area contributed by atoms with Crippen molar-refractivity contribution >= 4 is 51.6 Å². The molecule has 2 N–H and O–H groups in total.